The Balaban J connectivity index is 1.25. The summed E-state index contributed by atoms with van der Waals surface area (Å²) in [5, 5.41) is 11.4. The van der Waals surface area contributed by atoms with Crippen LogP contribution < -0.4 is 5.32 Å². The first-order valence-corrected chi connectivity index (χ1v) is 13.8. The van der Waals surface area contributed by atoms with Gasteiger partial charge in [0.2, 0.25) is 21.1 Å². The molecule has 1 aliphatic heterocycles. The predicted molar refractivity (Wildman–Crippen MR) is 128 cm³/mol. The molecule has 7 nitrogen and oxygen atoms in total. The molecule has 1 saturated heterocycles. The Morgan fingerprint density at radius 3 is 2.45 bits per heavy atom. The van der Waals surface area contributed by atoms with Gasteiger partial charge >= 0.3 is 0 Å². The van der Waals surface area contributed by atoms with Crippen molar-refractivity contribution in [2.75, 3.05) is 18.4 Å². The SMILES string of the molecule is O=C(Nc1nnc(SCc2ccccc2)s1)C1CCN(S(=O)(=O)Cc2ccc(F)cc2)CC1. The molecule has 1 amide bonds. The van der Waals surface area contributed by atoms with Gasteiger partial charge in [0.25, 0.3) is 0 Å². The van der Waals surface area contributed by atoms with Gasteiger partial charge in [-0.3, -0.25) is 4.79 Å². The Kier molecular flexibility index (Phi) is 7.74. The summed E-state index contributed by atoms with van der Waals surface area (Å²) in [7, 11) is -3.53. The van der Waals surface area contributed by atoms with Gasteiger partial charge in [-0.25, -0.2) is 17.1 Å². The zero-order valence-electron chi connectivity index (χ0n) is 17.7. The first-order chi connectivity index (χ1) is 15.9. The maximum Gasteiger partial charge on any atom is 0.229 e. The molecule has 0 unspecified atom stereocenters. The second-order valence-electron chi connectivity index (χ2n) is 7.69. The Morgan fingerprint density at radius 2 is 1.76 bits per heavy atom. The number of carbonyl (C=O) groups is 1. The number of carbonyl (C=O) groups excluding carboxylic acids is 1. The minimum absolute atomic E-state index is 0.165. The van der Waals surface area contributed by atoms with E-state index < -0.39 is 15.8 Å². The second-order valence-corrected chi connectivity index (χ2v) is 11.9. The van der Waals surface area contributed by atoms with Gasteiger partial charge in [-0.15, -0.1) is 10.2 Å². The van der Waals surface area contributed by atoms with Gasteiger partial charge in [-0.1, -0.05) is 65.6 Å². The molecule has 0 radical (unpaired) electrons. The Morgan fingerprint density at radius 1 is 1.06 bits per heavy atom. The van der Waals surface area contributed by atoms with Crippen LogP contribution in [0.3, 0.4) is 0 Å². The predicted octanol–water partition coefficient (Wildman–Crippen LogP) is 4.15. The summed E-state index contributed by atoms with van der Waals surface area (Å²) in [6, 6.07) is 15.5. The van der Waals surface area contributed by atoms with Crippen molar-refractivity contribution in [1.82, 2.24) is 14.5 Å². The average molecular weight is 507 g/mol. The Bertz CT molecular complexity index is 1180. The normalized spacial score (nSPS) is 15.4. The van der Waals surface area contributed by atoms with Gasteiger partial charge in [0.1, 0.15) is 5.82 Å². The van der Waals surface area contributed by atoms with Crippen LogP contribution in [0.1, 0.15) is 24.0 Å². The topological polar surface area (TPSA) is 92.3 Å². The molecule has 4 rings (SSSR count). The third-order valence-corrected chi connectivity index (χ3v) is 9.22. The van der Waals surface area contributed by atoms with E-state index in [1.54, 1.807) is 11.8 Å². The van der Waals surface area contributed by atoms with E-state index in [-0.39, 0.29) is 30.7 Å². The second kappa shape index (κ2) is 10.7. The molecule has 1 fully saturated rings. The lowest BCUT2D eigenvalue weighted by Crippen LogP contribution is -2.41. The van der Waals surface area contributed by atoms with Crippen LogP contribution in [0, 0.1) is 11.7 Å². The largest absolute Gasteiger partial charge is 0.300 e. The monoisotopic (exact) mass is 506 g/mol. The number of anilines is 1. The van der Waals surface area contributed by atoms with E-state index in [4.69, 9.17) is 0 Å². The van der Waals surface area contributed by atoms with Crippen LogP contribution in [0.15, 0.2) is 58.9 Å². The van der Waals surface area contributed by atoms with E-state index in [9.17, 15) is 17.6 Å². The number of sulfonamides is 1. The lowest BCUT2D eigenvalue weighted by molar-refractivity contribution is -0.120. The number of hydrogen-bond donors (Lipinski definition) is 1. The molecule has 11 heteroatoms. The van der Waals surface area contributed by atoms with E-state index in [0.29, 0.717) is 23.5 Å². The van der Waals surface area contributed by atoms with Crippen LogP contribution >= 0.6 is 23.1 Å². The van der Waals surface area contributed by atoms with E-state index >= 15 is 0 Å². The zero-order chi connectivity index (χ0) is 23.3. The fourth-order valence-electron chi connectivity index (χ4n) is 3.52. The van der Waals surface area contributed by atoms with Gasteiger partial charge in [-0.2, -0.15) is 0 Å². The van der Waals surface area contributed by atoms with Crippen molar-refractivity contribution in [3.05, 3.63) is 71.5 Å². The molecule has 0 spiro atoms. The molecular formula is C22H23FN4O3S3. The van der Waals surface area contributed by atoms with Crippen LogP contribution in [0.4, 0.5) is 9.52 Å². The molecule has 33 heavy (non-hydrogen) atoms. The lowest BCUT2D eigenvalue weighted by Gasteiger charge is -2.30. The van der Waals surface area contributed by atoms with E-state index in [1.807, 2.05) is 30.3 Å². The number of hydrogen-bond acceptors (Lipinski definition) is 7. The molecule has 1 aliphatic rings. The minimum Gasteiger partial charge on any atom is -0.300 e. The molecule has 0 bridgehead atoms. The van der Waals surface area contributed by atoms with Gasteiger partial charge in [0, 0.05) is 24.8 Å². The van der Waals surface area contributed by atoms with Crippen LogP contribution in [-0.4, -0.2) is 41.9 Å². The first kappa shape index (κ1) is 23.8. The summed E-state index contributed by atoms with van der Waals surface area (Å²) in [5.41, 5.74) is 1.72. The molecule has 0 aliphatic carbocycles. The van der Waals surface area contributed by atoms with Crippen molar-refractivity contribution in [3.63, 3.8) is 0 Å². The average Bonchev–Trinajstić information content (AvgIpc) is 3.27. The molecule has 2 aromatic carbocycles. The number of halogens is 1. The molecule has 174 valence electrons. The van der Waals surface area contributed by atoms with Crippen LogP contribution in [-0.2, 0) is 26.3 Å². The van der Waals surface area contributed by atoms with E-state index in [2.05, 4.69) is 15.5 Å². The maximum absolute atomic E-state index is 13.1. The van der Waals surface area contributed by atoms with Crippen LogP contribution in [0.2, 0.25) is 0 Å². The highest BCUT2D eigenvalue weighted by Crippen LogP contribution is 2.29. The molecule has 2 heterocycles. The van der Waals surface area contributed by atoms with Crippen molar-refractivity contribution < 1.29 is 17.6 Å². The Labute approximate surface area is 200 Å². The van der Waals surface area contributed by atoms with Crippen molar-refractivity contribution >= 4 is 44.2 Å². The minimum atomic E-state index is -3.53. The smallest absolute Gasteiger partial charge is 0.229 e. The summed E-state index contributed by atoms with van der Waals surface area (Å²) >= 11 is 2.89. The number of piperidine rings is 1. The summed E-state index contributed by atoms with van der Waals surface area (Å²) in [6.45, 7) is 0.547. The number of thioether (sulfide) groups is 1. The fourth-order valence-corrected chi connectivity index (χ4v) is 6.80. The third kappa shape index (κ3) is 6.59. The lowest BCUT2D eigenvalue weighted by atomic mass is 9.97. The van der Waals surface area contributed by atoms with Crippen molar-refractivity contribution in [2.24, 2.45) is 5.92 Å². The molecule has 0 saturated carbocycles. The standard InChI is InChI=1S/C22H23FN4O3S3/c23-19-8-6-17(7-9-19)15-33(29,30)27-12-10-18(11-13-27)20(28)24-21-25-26-22(32-21)31-14-16-4-2-1-3-5-16/h1-9,18H,10-15H2,(H,24,25,28). The maximum atomic E-state index is 13.1. The third-order valence-electron chi connectivity index (χ3n) is 5.32. The quantitative estimate of drug-likeness (QED) is 0.365. The number of rotatable bonds is 8. The highest BCUT2D eigenvalue weighted by Gasteiger charge is 2.31. The van der Waals surface area contributed by atoms with Crippen LogP contribution in [0.5, 0.6) is 0 Å². The highest BCUT2D eigenvalue weighted by atomic mass is 32.2. The molecular weight excluding hydrogens is 483 g/mol. The zero-order valence-corrected chi connectivity index (χ0v) is 20.1. The van der Waals surface area contributed by atoms with Crippen molar-refractivity contribution in [3.8, 4) is 0 Å². The summed E-state index contributed by atoms with van der Waals surface area (Å²) in [6.07, 6.45) is 0.867. The van der Waals surface area contributed by atoms with Gasteiger partial charge < -0.3 is 5.32 Å². The number of amides is 1. The van der Waals surface area contributed by atoms with Gasteiger partial charge in [0.05, 0.1) is 5.75 Å². The summed E-state index contributed by atoms with van der Waals surface area (Å²) in [5.74, 6) is -0.264. The number of benzene rings is 2. The highest BCUT2D eigenvalue weighted by molar-refractivity contribution is 8.00. The van der Waals surface area contributed by atoms with Gasteiger partial charge in [0.15, 0.2) is 4.34 Å². The number of nitrogens with one attached hydrogen (secondary N) is 1. The number of aromatic nitrogens is 2. The molecule has 0 atom stereocenters. The first-order valence-electron chi connectivity index (χ1n) is 10.4. The van der Waals surface area contributed by atoms with E-state index in [0.717, 1.165) is 10.1 Å². The van der Waals surface area contributed by atoms with Crippen molar-refractivity contribution in [1.29, 1.82) is 0 Å². The molecule has 1 N–H and O–H groups in total. The van der Waals surface area contributed by atoms with Gasteiger partial charge in [-0.05, 0) is 36.1 Å². The van der Waals surface area contributed by atoms with Crippen LogP contribution in [0.25, 0.3) is 0 Å². The van der Waals surface area contributed by atoms with E-state index in [1.165, 1.54) is 45.5 Å². The fraction of sp³-hybridized carbons (Fsp3) is 0.318. The molecule has 3 aromatic rings. The summed E-state index contributed by atoms with van der Waals surface area (Å²) in [4.78, 5) is 12.7. The van der Waals surface area contributed by atoms with Crippen molar-refractivity contribution in [2.45, 2.75) is 28.7 Å². The molecule has 1 aromatic heterocycles. The Hall–Kier alpha value is -2.34. The number of nitrogens with zero attached hydrogens (tertiary/aromatic N) is 3. The summed E-state index contributed by atoms with van der Waals surface area (Å²) < 4.78 is 40.6.